The molecule has 0 saturated carbocycles. The van der Waals surface area contributed by atoms with Gasteiger partial charge in [0, 0.05) is 12.5 Å². The minimum absolute atomic E-state index is 0.0817. The van der Waals surface area contributed by atoms with Gasteiger partial charge in [-0.05, 0) is 19.9 Å². The average Bonchev–Trinajstić information content (AvgIpc) is 1.96. The summed E-state index contributed by atoms with van der Waals surface area (Å²) in [5.74, 6) is 0. The van der Waals surface area contributed by atoms with Crippen molar-refractivity contribution in [2.45, 2.75) is 32.0 Å². The number of hydrogen-bond acceptors (Lipinski definition) is 1. The summed E-state index contributed by atoms with van der Waals surface area (Å²) in [4.78, 5) is 0. The summed E-state index contributed by atoms with van der Waals surface area (Å²) < 4.78 is 34.8. The molecule has 0 fully saturated rings. The van der Waals surface area contributed by atoms with Gasteiger partial charge in [0.15, 0.2) is 0 Å². The van der Waals surface area contributed by atoms with Gasteiger partial charge in [-0.25, -0.2) is 0 Å². The highest BCUT2D eigenvalue weighted by atomic mass is 19.4. The highest BCUT2D eigenvalue weighted by Gasteiger charge is 2.25. The van der Waals surface area contributed by atoms with E-state index in [0.717, 1.165) is 0 Å². The summed E-state index contributed by atoms with van der Waals surface area (Å²) in [5, 5.41) is 2.89. The predicted octanol–water partition coefficient (Wildman–Crippen LogP) is 2.49. The average molecular weight is 181 g/mol. The smallest absolute Gasteiger partial charge is 0.311 e. The van der Waals surface area contributed by atoms with Gasteiger partial charge >= 0.3 is 6.18 Å². The van der Waals surface area contributed by atoms with Crippen LogP contribution >= 0.6 is 0 Å². The number of nitrogens with one attached hydrogen (secondary N) is 1. The van der Waals surface area contributed by atoms with E-state index in [1.54, 1.807) is 6.08 Å². The van der Waals surface area contributed by atoms with E-state index in [-0.39, 0.29) is 12.5 Å². The Kier molecular flexibility index (Phi) is 4.97. The van der Waals surface area contributed by atoms with Crippen LogP contribution in [-0.4, -0.2) is 18.8 Å². The van der Waals surface area contributed by atoms with Crippen molar-refractivity contribution in [1.82, 2.24) is 5.32 Å². The monoisotopic (exact) mass is 181 g/mol. The summed E-state index contributed by atoms with van der Waals surface area (Å²) in [6.45, 7) is 5.73. The quantitative estimate of drug-likeness (QED) is 0.507. The predicted molar refractivity (Wildman–Crippen MR) is 43.0 cm³/mol. The first kappa shape index (κ1) is 11.5. The van der Waals surface area contributed by atoms with E-state index >= 15 is 0 Å². The van der Waals surface area contributed by atoms with E-state index in [0.29, 0.717) is 6.54 Å². The summed E-state index contributed by atoms with van der Waals surface area (Å²) in [5.41, 5.74) is 0. The number of alkyl halides is 3. The molecule has 0 saturated heterocycles. The normalized spacial score (nSPS) is 14.3. The van der Waals surface area contributed by atoms with Crippen LogP contribution in [0.2, 0.25) is 0 Å². The minimum atomic E-state index is -4.03. The van der Waals surface area contributed by atoms with Crippen molar-refractivity contribution in [3.8, 4) is 0 Å². The SMILES string of the molecule is C=CC(C)NCCCC(F)(F)F. The van der Waals surface area contributed by atoms with Crippen molar-refractivity contribution in [3.05, 3.63) is 12.7 Å². The Balaban J connectivity index is 3.27. The van der Waals surface area contributed by atoms with Crippen LogP contribution in [0.3, 0.4) is 0 Å². The Hall–Kier alpha value is -0.510. The molecule has 0 amide bonds. The van der Waals surface area contributed by atoms with Crippen LogP contribution in [0.4, 0.5) is 13.2 Å². The molecule has 0 aliphatic rings. The van der Waals surface area contributed by atoms with Crippen LogP contribution in [0.1, 0.15) is 19.8 Å². The van der Waals surface area contributed by atoms with E-state index in [4.69, 9.17) is 0 Å². The zero-order chi connectivity index (χ0) is 9.61. The molecular formula is C8H14F3N. The van der Waals surface area contributed by atoms with Gasteiger partial charge in [-0.3, -0.25) is 0 Å². The molecule has 1 N–H and O–H groups in total. The van der Waals surface area contributed by atoms with Gasteiger partial charge in [0.2, 0.25) is 0 Å². The second kappa shape index (κ2) is 5.19. The van der Waals surface area contributed by atoms with E-state index in [1.165, 1.54) is 0 Å². The lowest BCUT2D eigenvalue weighted by Crippen LogP contribution is -2.25. The Bertz CT molecular complexity index is 131. The molecule has 0 radical (unpaired) electrons. The van der Waals surface area contributed by atoms with Crippen LogP contribution in [0.5, 0.6) is 0 Å². The largest absolute Gasteiger partial charge is 0.389 e. The summed E-state index contributed by atoms with van der Waals surface area (Å²) in [6, 6.07) is 0.0817. The molecular weight excluding hydrogens is 167 g/mol. The van der Waals surface area contributed by atoms with Gasteiger partial charge in [-0.15, -0.1) is 6.58 Å². The van der Waals surface area contributed by atoms with Gasteiger partial charge in [-0.2, -0.15) is 13.2 Å². The zero-order valence-corrected chi connectivity index (χ0v) is 7.12. The molecule has 0 aliphatic heterocycles. The van der Waals surface area contributed by atoms with Crippen molar-refractivity contribution in [1.29, 1.82) is 0 Å². The summed E-state index contributed by atoms with van der Waals surface area (Å²) in [7, 11) is 0. The van der Waals surface area contributed by atoms with Crippen molar-refractivity contribution >= 4 is 0 Å². The Morgan fingerprint density at radius 1 is 1.50 bits per heavy atom. The van der Waals surface area contributed by atoms with Gasteiger partial charge in [-0.1, -0.05) is 6.08 Å². The molecule has 0 aromatic rings. The fraction of sp³-hybridized carbons (Fsp3) is 0.750. The first-order valence-corrected chi connectivity index (χ1v) is 3.88. The number of rotatable bonds is 5. The van der Waals surface area contributed by atoms with Crippen LogP contribution in [-0.2, 0) is 0 Å². The third kappa shape index (κ3) is 7.60. The Labute approximate surface area is 70.7 Å². The third-order valence-corrected chi connectivity index (χ3v) is 1.46. The maximum absolute atomic E-state index is 11.6. The Morgan fingerprint density at radius 2 is 2.08 bits per heavy atom. The van der Waals surface area contributed by atoms with E-state index in [2.05, 4.69) is 11.9 Å². The lowest BCUT2D eigenvalue weighted by Gasteiger charge is -2.09. The van der Waals surface area contributed by atoms with Crippen LogP contribution in [0.25, 0.3) is 0 Å². The fourth-order valence-corrected chi connectivity index (χ4v) is 0.702. The van der Waals surface area contributed by atoms with E-state index in [1.807, 2.05) is 6.92 Å². The van der Waals surface area contributed by atoms with Gasteiger partial charge < -0.3 is 5.32 Å². The van der Waals surface area contributed by atoms with Crippen molar-refractivity contribution in [2.75, 3.05) is 6.54 Å². The van der Waals surface area contributed by atoms with Crippen LogP contribution in [0.15, 0.2) is 12.7 Å². The maximum Gasteiger partial charge on any atom is 0.389 e. The first-order valence-electron chi connectivity index (χ1n) is 3.88. The first-order chi connectivity index (χ1) is 5.45. The van der Waals surface area contributed by atoms with Crippen LogP contribution in [0, 0.1) is 0 Å². The molecule has 1 atom stereocenters. The summed E-state index contributed by atoms with van der Waals surface area (Å²) in [6.07, 6.45) is -2.96. The van der Waals surface area contributed by atoms with Crippen molar-refractivity contribution in [3.63, 3.8) is 0 Å². The molecule has 1 unspecified atom stereocenters. The van der Waals surface area contributed by atoms with Gasteiger partial charge in [0.25, 0.3) is 0 Å². The second-order valence-corrected chi connectivity index (χ2v) is 2.70. The molecule has 0 aromatic heterocycles. The Morgan fingerprint density at radius 3 is 2.50 bits per heavy atom. The topological polar surface area (TPSA) is 12.0 Å². The molecule has 0 spiro atoms. The fourth-order valence-electron chi connectivity index (χ4n) is 0.702. The van der Waals surface area contributed by atoms with E-state index in [9.17, 15) is 13.2 Å². The summed E-state index contributed by atoms with van der Waals surface area (Å²) >= 11 is 0. The third-order valence-electron chi connectivity index (χ3n) is 1.46. The lowest BCUT2D eigenvalue weighted by atomic mass is 10.2. The van der Waals surface area contributed by atoms with Gasteiger partial charge in [0.05, 0.1) is 0 Å². The second-order valence-electron chi connectivity index (χ2n) is 2.70. The zero-order valence-electron chi connectivity index (χ0n) is 7.12. The molecule has 4 heteroatoms. The molecule has 0 aliphatic carbocycles. The molecule has 12 heavy (non-hydrogen) atoms. The maximum atomic E-state index is 11.6. The molecule has 72 valence electrons. The highest BCUT2D eigenvalue weighted by Crippen LogP contribution is 2.20. The highest BCUT2D eigenvalue weighted by molar-refractivity contribution is 4.80. The molecule has 1 nitrogen and oxygen atoms in total. The molecule has 0 heterocycles. The molecule has 0 aromatic carbocycles. The van der Waals surface area contributed by atoms with Crippen molar-refractivity contribution in [2.24, 2.45) is 0 Å². The molecule has 0 rings (SSSR count). The van der Waals surface area contributed by atoms with Crippen molar-refractivity contribution < 1.29 is 13.2 Å². The number of halogens is 3. The standard InChI is InChI=1S/C8H14F3N/c1-3-7(2)12-6-4-5-8(9,10)11/h3,7,12H,1,4-6H2,2H3. The van der Waals surface area contributed by atoms with Gasteiger partial charge in [0.1, 0.15) is 0 Å². The lowest BCUT2D eigenvalue weighted by molar-refractivity contribution is -0.135. The minimum Gasteiger partial charge on any atom is -0.311 e. The van der Waals surface area contributed by atoms with Crippen LogP contribution < -0.4 is 5.32 Å². The molecule has 0 bridgehead atoms. The van der Waals surface area contributed by atoms with E-state index < -0.39 is 12.6 Å². The number of hydrogen-bond donors (Lipinski definition) is 1.